The van der Waals surface area contributed by atoms with E-state index in [4.69, 9.17) is 9.47 Å². The molecule has 9 heteroatoms. The number of para-hydroxylation sites is 2. The van der Waals surface area contributed by atoms with Crippen LogP contribution in [0.2, 0.25) is 0 Å². The lowest BCUT2D eigenvalue weighted by Crippen LogP contribution is -2.39. The average molecular weight is 429 g/mol. The van der Waals surface area contributed by atoms with Crippen molar-refractivity contribution in [2.24, 2.45) is 13.0 Å². The Kier molecular flexibility index (Phi) is 5.55. The van der Waals surface area contributed by atoms with E-state index in [9.17, 15) is 9.59 Å². The zero-order chi connectivity index (χ0) is 21.4. The molecule has 0 N–H and O–H groups in total. The van der Waals surface area contributed by atoms with Crippen molar-refractivity contribution >= 4 is 22.8 Å². The summed E-state index contributed by atoms with van der Waals surface area (Å²) in [7, 11) is 1.49. The molecule has 0 bridgehead atoms. The SMILES string of the molecule is Cc1nc(SC[C@H]2COc3ccccc3O2)c2c(=O)n(C)c(=O)n(CC(C)C)c2n1. The Balaban J connectivity index is 1.70. The van der Waals surface area contributed by atoms with Gasteiger partial charge in [-0.2, -0.15) is 0 Å². The van der Waals surface area contributed by atoms with Crippen LogP contribution in [0.3, 0.4) is 0 Å². The van der Waals surface area contributed by atoms with Crippen LogP contribution in [0, 0.1) is 12.8 Å². The highest BCUT2D eigenvalue weighted by molar-refractivity contribution is 7.99. The van der Waals surface area contributed by atoms with Gasteiger partial charge in [0.2, 0.25) is 0 Å². The molecule has 3 aromatic rings. The average Bonchev–Trinajstić information content (AvgIpc) is 2.73. The topological polar surface area (TPSA) is 88.2 Å². The van der Waals surface area contributed by atoms with E-state index in [1.165, 1.54) is 18.8 Å². The molecule has 0 radical (unpaired) electrons. The van der Waals surface area contributed by atoms with E-state index in [0.717, 1.165) is 10.3 Å². The van der Waals surface area contributed by atoms with Crippen molar-refractivity contribution in [3.63, 3.8) is 0 Å². The molecular weight excluding hydrogens is 404 g/mol. The molecule has 2 aromatic heterocycles. The maximum atomic E-state index is 12.9. The molecule has 1 aliphatic heterocycles. The molecular formula is C21H24N4O4S. The molecule has 30 heavy (non-hydrogen) atoms. The number of fused-ring (bicyclic) bond motifs is 2. The quantitative estimate of drug-likeness (QED) is 0.455. The Morgan fingerprint density at radius 1 is 1.20 bits per heavy atom. The standard InChI is InChI=1S/C21H24N4O4S/c1-12(2)9-25-18-17(20(26)24(4)21(25)27)19(23-13(3)22-18)30-11-14-10-28-15-7-5-6-8-16(15)29-14/h5-8,12,14H,9-11H2,1-4H3/t14-/m1/s1. The number of rotatable bonds is 5. The van der Waals surface area contributed by atoms with E-state index in [-0.39, 0.29) is 23.3 Å². The monoisotopic (exact) mass is 428 g/mol. The lowest BCUT2D eigenvalue weighted by Gasteiger charge is -2.26. The van der Waals surface area contributed by atoms with Crippen molar-refractivity contribution in [3.05, 3.63) is 50.9 Å². The summed E-state index contributed by atoms with van der Waals surface area (Å²) in [5.41, 5.74) is -0.363. The Bertz CT molecular complexity index is 1220. The lowest BCUT2D eigenvalue weighted by molar-refractivity contribution is 0.107. The number of nitrogens with zero attached hydrogens (tertiary/aromatic N) is 4. The summed E-state index contributed by atoms with van der Waals surface area (Å²) >= 11 is 1.42. The molecule has 0 amide bonds. The van der Waals surface area contributed by atoms with Crippen LogP contribution in [-0.2, 0) is 13.6 Å². The summed E-state index contributed by atoms with van der Waals surface area (Å²) in [6.07, 6.45) is -0.180. The number of hydrogen-bond donors (Lipinski definition) is 0. The predicted octanol–water partition coefficient (Wildman–Crippen LogP) is 2.39. The summed E-state index contributed by atoms with van der Waals surface area (Å²) in [4.78, 5) is 34.6. The highest BCUT2D eigenvalue weighted by atomic mass is 32.2. The minimum Gasteiger partial charge on any atom is -0.486 e. The van der Waals surface area contributed by atoms with Crippen molar-refractivity contribution < 1.29 is 9.47 Å². The second-order valence-corrected chi connectivity index (χ2v) is 8.74. The zero-order valence-electron chi connectivity index (χ0n) is 17.4. The normalized spacial score (nSPS) is 15.7. The van der Waals surface area contributed by atoms with Crippen LogP contribution in [0.15, 0.2) is 38.9 Å². The second kappa shape index (κ2) is 8.14. The molecule has 0 spiro atoms. The Morgan fingerprint density at radius 3 is 2.67 bits per heavy atom. The molecule has 0 unspecified atom stereocenters. The molecule has 0 saturated carbocycles. The number of hydrogen-bond acceptors (Lipinski definition) is 7. The van der Waals surface area contributed by atoms with Crippen molar-refractivity contribution in [3.8, 4) is 11.5 Å². The molecule has 1 aromatic carbocycles. The third kappa shape index (κ3) is 3.81. The number of aromatic nitrogens is 4. The lowest BCUT2D eigenvalue weighted by atomic mass is 10.2. The van der Waals surface area contributed by atoms with Crippen molar-refractivity contribution in [1.82, 2.24) is 19.1 Å². The molecule has 4 rings (SSSR count). The maximum Gasteiger partial charge on any atom is 0.332 e. The zero-order valence-corrected chi connectivity index (χ0v) is 18.2. The van der Waals surface area contributed by atoms with Gasteiger partial charge in [0.25, 0.3) is 5.56 Å². The second-order valence-electron chi connectivity index (χ2n) is 7.73. The van der Waals surface area contributed by atoms with Gasteiger partial charge in [0.05, 0.1) is 0 Å². The first-order valence-electron chi connectivity index (χ1n) is 9.84. The van der Waals surface area contributed by atoms with Gasteiger partial charge in [0, 0.05) is 19.3 Å². The van der Waals surface area contributed by atoms with Crippen LogP contribution in [0.4, 0.5) is 0 Å². The van der Waals surface area contributed by atoms with Gasteiger partial charge >= 0.3 is 5.69 Å². The highest BCUT2D eigenvalue weighted by Crippen LogP contribution is 2.33. The smallest absolute Gasteiger partial charge is 0.332 e. The molecule has 0 saturated heterocycles. The number of ether oxygens (including phenoxy) is 2. The van der Waals surface area contributed by atoms with Crippen LogP contribution < -0.4 is 20.7 Å². The molecule has 1 atom stereocenters. The Hall–Kier alpha value is -2.81. The summed E-state index contributed by atoms with van der Waals surface area (Å²) in [6.45, 7) is 6.70. The first-order valence-corrected chi connectivity index (χ1v) is 10.8. The third-order valence-corrected chi connectivity index (χ3v) is 5.89. The molecule has 3 heterocycles. The fourth-order valence-corrected chi connectivity index (χ4v) is 4.42. The molecule has 1 aliphatic rings. The summed E-state index contributed by atoms with van der Waals surface area (Å²) < 4.78 is 14.5. The van der Waals surface area contributed by atoms with E-state index in [1.807, 2.05) is 38.1 Å². The van der Waals surface area contributed by atoms with Crippen LogP contribution in [0.25, 0.3) is 11.0 Å². The number of thioether (sulfide) groups is 1. The predicted molar refractivity (Wildman–Crippen MR) is 116 cm³/mol. The van der Waals surface area contributed by atoms with Gasteiger partial charge in [-0.25, -0.2) is 14.8 Å². The Labute approximate surface area is 177 Å². The third-order valence-electron chi connectivity index (χ3n) is 4.78. The van der Waals surface area contributed by atoms with Crippen LogP contribution in [0.1, 0.15) is 19.7 Å². The van der Waals surface area contributed by atoms with Gasteiger partial charge in [0.1, 0.15) is 28.9 Å². The first-order chi connectivity index (χ1) is 14.3. The molecule has 8 nitrogen and oxygen atoms in total. The van der Waals surface area contributed by atoms with Crippen molar-refractivity contribution in [2.45, 2.75) is 38.4 Å². The minimum absolute atomic E-state index is 0.180. The van der Waals surface area contributed by atoms with E-state index in [0.29, 0.717) is 46.5 Å². The van der Waals surface area contributed by atoms with Gasteiger partial charge in [-0.1, -0.05) is 26.0 Å². The van der Waals surface area contributed by atoms with Gasteiger partial charge in [-0.3, -0.25) is 13.9 Å². The van der Waals surface area contributed by atoms with Crippen LogP contribution in [-0.4, -0.2) is 37.6 Å². The van der Waals surface area contributed by atoms with Gasteiger partial charge < -0.3 is 9.47 Å². The fraction of sp³-hybridized carbons (Fsp3) is 0.429. The van der Waals surface area contributed by atoms with Gasteiger partial charge in [0.15, 0.2) is 17.1 Å². The largest absolute Gasteiger partial charge is 0.486 e. The fourth-order valence-electron chi connectivity index (χ4n) is 3.39. The van der Waals surface area contributed by atoms with Gasteiger partial charge in [-0.05, 0) is 25.0 Å². The highest BCUT2D eigenvalue weighted by Gasteiger charge is 2.23. The summed E-state index contributed by atoms with van der Waals surface area (Å²) in [5.74, 6) is 2.73. The molecule has 0 aliphatic carbocycles. The van der Waals surface area contributed by atoms with Crippen LogP contribution in [0.5, 0.6) is 11.5 Å². The van der Waals surface area contributed by atoms with E-state index >= 15 is 0 Å². The van der Waals surface area contributed by atoms with Gasteiger partial charge in [-0.15, -0.1) is 11.8 Å². The van der Waals surface area contributed by atoms with E-state index < -0.39 is 0 Å². The first kappa shape index (κ1) is 20.5. The van der Waals surface area contributed by atoms with Crippen molar-refractivity contribution in [2.75, 3.05) is 12.4 Å². The summed E-state index contributed by atoms with van der Waals surface area (Å²) in [6, 6.07) is 7.55. The molecule has 0 fully saturated rings. The Morgan fingerprint density at radius 2 is 1.93 bits per heavy atom. The van der Waals surface area contributed by atoms with Crippen molar-refractivity contribution in [1.29, 1.82) is 0 Å². The number of benzene rings is 1. The van der Waals surface area contributed by atoms with Crippen LogP contribution >= 0.6 is 11.8 Å². The van der Waals surface area contributed by atoms with E-state index in [1.54, 1.807) is 11.5 Å². The van der Waals surface area contributed by atoms with E-state index in [2.05, 4.69) is 9.97 Å². The summed E-state index contributed by atoms with van der Waals surface area (Å²) in [5, 5.41) is 0.920. The maximum absolute atomic E-state index is 12.9. The molecule has 158 valence electrons. The minimum atomic E-state index is -0.385. The number of aryl methyl sites for hydroxylation is 1.